The highest BCUT2D eigenvalue weighted by atomic mass is 16.6. The van der Waals surface area contributed by atoms with Crippen molar-refractivity contribution in [1.29, 1.82) is 0 Å². The zero-order valence-electron chi connectivity index (χ0n) is 23.8. The summed E-state index contributed by atoms with van der Waals surface area (Å²) < 4.78 is 29.1. The molecular formula is C31H36O11. The molecule has 3 aromatic rings. The van der Waals surface area contributed by atoms with E-state index in [4.69, 9.17) is 23.7 Å². The zero-order valence-corrected chi connectivity index (χ0v) is 23.8. The maximum absolute atomic E-state index is 13.4. The molecule has 1 aliphatic rings. The minimum Gasteiger partial charge on any atom is -0.508 e. The third-order valence-corrected chi connectivity index (χ3v) is 6.49. The Labute approximate surface area is 243 Å². The molecule has 11 heteroatoms. The van der Waals surface area contributed by atoms with E-state index in [0.717, 1.165) is 12.1 Å². The average molecular weight is 585 g/mol. The van der Waals surface area contributed by atoms with E-state index in [0.29, 0.717) is 43.6 Å². The Bertz CT molecular complexity index is 1390. The number of hydrogen-bond donors (Lipinski definition) is 5. The molecule has 11 nitrogen and oxygen atoms in total. The number of carbonyl (C=O) groups excluding carboxylic acids is 1. The van der Waals surface area contributed by atoms with E-state index >= 15 is 0 Å². The van der Waals surface area contributed by atoms with E-state index in [1.165, 1.54) is 12.1 Å². The molecule has 1 aliphatic heterocycles. The minimum absolute atomic E-state index is 0.00170. The summed E-state index contributed by atoms with van der Waals surface area (Å²) in [4.78, 5) is 13.4. The van der Waals surface area contributed by atoms with Crippen LogP contribution in [0.2, 0.25) is 0 Å². The molecule has 0 unspecified atom stereocenters. The molecule has 42 heavy (non-hydrogen) atoms. The number of phenols is 5. The molecule has 4 rings (SSSR count). The van der Waals surface area contributed by atoms with Gasteiger partial charge < -0.3 is 49.2 Å². The molecule has 0 saturated carbocycles. The lowest BCUT2D eigenvalue weighted by atomic mass is 9.93. The third-order valence-electron chi connectivity index (χ3n) is 6.49. The number of fused-ring (bicyclic) bond motifs is 1. The Kier molecular flexibility index (Phi) is 9.61. The van der Waals surface area contributed by atoms with Gasteiger partial charge in [-0.25, -0.2) is 4.79 Å². The zero-order chi connectivity index (χ0) is 30.4. The Morgan fingerprint density at radius 1 is 0.762 bits per heavy atom. The van der Waals surface area contributed by atoms with Crippen molar-refractivity contribution >= 4 is 5.97 Å². The van der Waals surface area contributed by atoms with E-state index in [1.54, 1.807) is 12.1 Å². The van der Waals surface area contributed by atoms with Gasteiger partial charge in [0.2, 0.25) is 11.5 Å². The molecule has 0 aromatic heterocycles. The second kappa shape index (κ2) is 13.3. The van der Waals surface area contributed by atoms with Gasteiger partial charge in [-0.3, -0.25) is 0 Å². The van der Waals surface area contributed by atoms with Crippen LogP contribution in [-0.2, 0) is 11.2 Å². The summed E-state index contributed by atoms with van der Waals surface area (Å²) in [6, 6.07) is 7.96. The van der Waals surface area contributed by atoms with Crippen LogP contribution in [0, 0.1) is 0 Å². The van der Waals surface area contributed by atoms with Crippen LogP contribution in [0.25, 0.3) is 0 Å². The maximum atomic E-state index is 13.4. The van der Waals surface area contributed by atoms with Crippen molar-refractivity contribution in [3.8, 4) is 51.7 Å². The first kappa shape index (κ1) is 30.3. The second-order valence-electron chi connectivity index (χ2n) is 9.88. The van der Waals surface area contributed by atoms with Crippen LogP contribution in [0.4, 0.5) is 0 Å². The number of aromatic hydroxyl groups is 5. The molecular weight excluding hydrogens is 548 g/mol. The summed E-state index contributed by atoms with van der Waals surface area (Å²) in [5, 5.41) is 51.8. The van der Waals surface area contributed by atoms with Crippen molar-refractivity contribution < 1.29 is 54.0 Å². The van der Waals surface area contributed by atoms with Crippen LogP contribution in [0.3, 0.4) is 0 Å². The average Bonchev–Trinajstić information content (AvgIpc) is 2.96. The lowest BCUT2D eigenvalue weighted by Gasteiger charge is -2.34. The fourth-order valence-electron chi connectivity index (χ4n) is 4.48. The molecule has 0 fully saturated rings. The van der Waals surface area contributed by atoms with Gasteiger partial charge in [-0.1, -0.05) is 20.8 Å². The van der Waals surface area contributed by atoms with E-state index < -0.39 is 29.7 Å². The Hall–Kier alpha value is -4.67. The van der Waals surface area contributed by atoms with Crippen LogP contribution in [0.15, 0.2) is 36.4 Å². The molecule has 2 atom stereocenters. The van der Waals surface area contributed by atoms with Crippen LogP contribution in [0.5, 0.6) is 51.7 Å². The highest BCUT2D eigenvalue weighted by molar-refractivity contribution is 5.91. The molecule has 0 bridgehead atoms. The highest BCUT2D eigenvalue weighted by Crippen LogP contribution is 2.46. The first-order valence-corrected chi connectivity index (χ1v) is 13.9. The third kappa shape index (κ3) is 6.62. The Morgan fingerprint density at radius 3 is 1.90 bits per heavy atom. The lowest BCUT2D eigenvalue weighted by molar-refractivity contribution is -0.0189. The van der Waals surface area contributed by atoms with Crippen molar-refractivity contribution in [1.82, 2.24) is 0 Å². The summed E-state index contributed by atoms with van der Waals surface area (Å²) in [5.41, 5.74) is 0.670. The van der Waals surface area contributed by atoms with E-state index in [1.807, 2.05) is 20.8 Å². The van der Waals surface area contributed by atoms with Crippen molar-refractivity contribution in [3.63, 3.8) is 0 Å². The van der Waals surface area contributed by atoms with Gasteiger partial charge in [0.05, 0.1) is 25.4 Å². The number of rotatable bonds is 12. The standard InChI is InChI=1S/C31H36O11/c1-4-7-38-24-13-18(10-22(34)28(24)35)31(37)42-27-16-20-21(33)14-19(32)15-23(20)41-30(27)17-11-25(39-8-5-2)29(36)26(12-17)40-9-6-3/h10-15,27,30,32-36H,4-9,16H2,1-3H3/t27-,30-/m1/s1. The summed E-state index contributed by atoms with van der Waals surface area (Å²) in [6.45, 7) is 6.61. The smallest absolute Gasteiger partial charge is 0.338 e. The largest absolute Gasteiger partial charge is 0.508 e. The summed E-state index contributed by atoms with van der Waals surface area (Å²) >= 11 is 0. The van der Waals surface area contributed by atoms with E-state index in [2.05, 4.69) is 0 Å². The topological polar surface area (TPSA) is 164 Å². The molecule has 0 aliphatic carbocycles. The van der Waals surface area contributed by atoms with Crippen molar-refractivity contribution in [2.75, 3.05) is 19.8 Å². The number of phenolic OH excluding ortho intramolecular Hbond substituents is 5. The summed E-state index contributed by atoms with van der Waals surface area (Å²) in [5.74, 6) is -2.14. The number of benzene rings is 3. The maximum Gasteiger partial charge on any atom is 0.338 e. The number of ether oxygens (including phenoxy) is 5. The van der Waals surface area contributed by atoms with Gasteiger partial charge >= 0.3 is 5.97 Å². The quantitative estimate of drug-likeness (QED) is 0.135. The normalized spacial score (nSPS) is 15.8. The summed E-state index contributed by atoms with van der Waals surface area (Å²) in [6.07, 6.45) is -0.0150. The van der Waals surface area contributed by atoms with Gasteiger partial charge in [0.15, 0.2) is 29.1 Å². The Morgan fingerprint density at radius 2 is 1.33 bits per heavy atom. The SMILES string of the molecule is CCCOc1cc(C(=O)O[C@@H]2Cc3c(O)cc(O)cc3O[C@@H]2c2cc(OCCC)c(O)c(OCCC)c2)cc(O)c1O. The molecule has 0 radical (unpaired) electrons. The predicted molar refractivity (Wildman–Crippen MR) is 151 cm³/mol. The fraction of sp³-hybridized carbons (Fsp3) is 0.387. The van der Waals surface area contributed by atoms with Gasteiger partial charge in [-0.2, -0.15) is 0 Å². The molecule has 226 valence electrons. The molecule has 1 heterocycles. The van der Waals surface area contributed by atoms with Crippen molar-refractivity contribution in [2.24, 2.45) is 0 Å². The highest BCUT2D eigenvalue weighted by Gasteiger charge is 2.37. The van der Waals surface area contributed by atoms with E-state index in [-0.39, 0.29) is 58.8 Å². The van der Waals surface area contributed by atoms with Gasteiger partial charge in [0, 0.05) is 29.7 Å². The molecule has 0 amide bonds. The first-order chi connectivity index (χ1) is 20.2. The van der Waals surface area contributed by atoms with Crippen LogP contribution in [0.1, 0.15) is 67.6 Å². The van der Waals surface area contributed by atoms with E-state index in [9.17, 15) is 30.3 Å². The predicted octanol–water partition coefficient (Wildman–Crippen LogP) is 5.48. The van der Waals surface area contributed by atoms with Crippen LogP contribution in [-0.4, -0.2) is 57.4 Å². The van der Waals surface area contributed by atoms with Crippen molar-refractivity contribution in [2.45, 2.75) is 58.7 Å². The van der Waals surface area contributed by atoms with Crippen LogP contribution >= 0.6 is 0 Å². The minimum atomic E-state index is -1.03. The van der Waals surface area contributed by atoms with Gasteiger partial charge in [0.25, 0.3) is 0 Å². The number of hydrogen-bond acceptors (Lipinski definition) is 11. The number of esters is 1. The van der Waals surface area contributed by atoms with Gasteiger partial charge in [0.1, 0.15) is 23.4 Å². The lowest BCUT2D eigenvalue weighted by Crippen LogP contribution is -2.35. The molecule has 5 N–H and O–H groups in total. The Balaban J connectivity index is 1.76. The second-order valence-corrected chi connectivity index (χ2v) is 9.88. The molecule has 3 aromatic carbocycles. The molecule has 0 spiro atoms. The van der Waals surface area contributed by atoms with Gasteiger partial charge in [-0.15, -0.1) is 0 Å². The van der Waals surface area contributed by atoms with Crippen LogP contribution < -0.4 is 18.9 Å². The summed E-state index contributed by atoms with van der Waals surface area (Å²) in [7, 11) is 0. The first-order valence-electron chi connectivity index (χ1n) is 13.9. The van der Waals surface area contributed by atoms with Crippen molar-refractivity contribution in [3.05, 3.63) is 53.1 Å². The molecule has 0 saturated heterocycles. The van der Waals surface area contributed by atoms with Gasteiger partial charge in [-0.05, 0) is 43.5 Å². The number of carbonyl (C=O) groups is 1. The fourth-order valence-corrected chi connectivity index (χ4v) is 4.48. The monoisotopic (exact) mass is 584 g/mol.